The van der Waals surface area contributed by atoms with E-state index in [0.29, 0.717) is 22.4 Å². The van der Waals surface area contributed by atoms with E-state index in [9.17, 15) is 0 Å². The normalized spacial score (nSPS) is 10.2. The van der Waals surface area contributed by atoms with Gasteiger partial charge in [-0.3, -0.25) is 0 Å². The highest BCUT2D eigenvalue weighted by Crippen LogP contribution is 2.29. The van der Waals surface area contributed by atoms with E-state index < -0.39 is 0 Å². The number of halogens is 1. The fourth-order valence-electron chi connectivity index (χ4n) is 1.83. The maximum Gasteiger partial charge on any atom is 0.144 e. The van der Waals surface area contributed by atoms with Crippen molar-refractivity contribution in [2.24, 2.45) is 0 Å². The summed E-state index contributed by atoms with van der Waals surface area (Å²) in [5.74, 6) is 0.695. The number of allylic oxidation sites excluding steroid dienone is 1. The minimum Gasteiger partial charge on any atom is -0.487 e. The molecule has 1 aromatic carbocycles. The molecule has 22 heavy (non-hydrogen) atoms. The lowest BCUT2D eigenvalue weighted by Crippen LogP contribution is -2.12. The van der Waals surface area contributed by atoms with Gasteiger partial charge in [-0.15, -0.1) is 11.3 Å². The summed E-state index contributed by atoms with van der Waals surface area (Å²) in [7, 11) is 0. The average Bonchev–Trinajstić information content (AvgIpc) is 2.87. The van der Waals surface area contributed by atoms with E-state index in [2.05, 4.69) is 12.2 Å². The maximum atomic E-state index is 6.07. The first-order valence-electron chi connectivity index (χ1n) is 6.88. The van der Waals surface area contributed by atoms with Crippen molar-refractivity contribution >= 4 is 45.8 Å². The number of aryl methyl sites for hydroxylation is 1. The monoisotopic (exact) mass is 351 g/mol. The summed E-state index contributed by atoms with van der Waals surface area (Å²) in [5, 5.41) is 5.92. The number of ether oxygens (including phenoxy) is 1. The zero-order chi connectivity index (χ0) is 16.1. The van der Waals surface area contributed by atoms with Crippen molar-refractivity contribution < 1.29 is 4.74 Å². The van der Waals surface area contributed by atoms with Crippen molar-refractivity contribution in [3.63, 3.8) is 0 Å². The van der Waals surface area contributed by atoms with E-state index >= 15 is 0 Å². The Kier molecular flexibility index (Phi) is 6.00. The Morgan fingerprint density at radius 1 is 1.36 bits per heavy atom. The van der Waals surface area contributed by atoms with Gasteiger partial charge in [0.05, 0.1) is 5.69 Å². The number of nitrogens with one attached hydrogen (secondary N) is 1. The Bertz CT molecular complexity index is 702. The molecule has 0 saturated heterocycles. The first-order valence-corrected chi connectivity index (χ1v) is 8.55. The van der Waals surface area contributed by atoms with Crippen LogP contribution < -0.4 is 10.1 Å². The Balaban J connectivity index is 2.18. The molecule has 0 saturated carbocycles. The van der Waals surface area contributed by atoms with Crippen molar-refractivity contribution in [2.45, 2.75) is 20.8 Å². The van der Waals surface area contributed by atoms with Crippen LogP contribution in [0.25, 0.3) is 0 Å². The van der Waals surface area contributed by atoms with Crippen molar-refractivity contribution in [2.75, 3.05) is 11.9 Å². The molecule has 0 fully saturated rings. The number of thiophene rings is 1. The second-order valence-corrected chi connectivity index (χ2v) is 7.04. The highest BCUT2D eigenvalue weighted by molar-refractivity contribution is 7.81. The van der Waals surface area contributed by atoms with Crippen molar-refractivity contribution in [3.8, 4) is 5.75 Å². The van der Waals surface area contributed by atoms with Gasteiger partial charge in [0.15, 0.2) is 0 Å². The molecule has 5 heteroatoms. The summed E-state index contributed by atoms with van der Waals surface area (Å²) in [6.45, 7) is 6.63. The zero-order valence-electron chi connectivity index (χ0n) is 12.8. The molecular weight excluding hydrogens is 334 g/mol. The molecule has 116 valence electrons. The fraction of sp³-hybridized carbons (Fsp3) is 0.235. The Morgan fingerprint density at radius 3 is 2.77 bits per heavy atom. The minimum atomic E-state index is 0.502. The van der Waals surface area contributed by atoms with Gasteiger partial charge in [0.25, 0.3) is 0 Å². The molecule has 0 bridgehead atoms. The van der Waals surface area contributed by atoms with E-state index in [1.807, 2.05) is 43.5 Å². The largest absolute Gasteiger partial charge is 0.487 e. The number of hydrogen-bond acceptors (Lipinski definition) is 3. The zero-order valence-corrected chi connectivity index (χ0v) is 15.2. The highest BCUT2D eigenvalue weighted by Gasteiger charge is 2.10. The van der Waals surface area contributed by atoms with Crippen LogP contribution in [0.2, 0.25) is 5.02 Å². The lowest BCUT2D eigenvalue weighted by molar-refractivity contribution is 0.364. The Morgan fingerprint density at radius 2 is 2.14 bits per heavy atom. The van der Waals surface area contributed by atoms with Crippen molar-refractivity contribution in [1.82, 2.24) is 0 Å². The molecule has 0 aliphatic carbocycles. The minimum absolute atomic E-state index is 0.502. The van der Waals surface area contributed by atoms with Crippen LogP contribution in [0.1, 0.15) is 24.3 Å². The van der Waals surface area contributed by atoms with E-state index in [1.165, 1.54) is 10.5 Å². The molecule has 2 rings (SSSR count). The molecule has 0 unspecified atom stereocenters. The Labute approximate surface area is 145 Å². The lowest BCUT2D eigenvalue weighted by Gasteiger charge is -2.13. The van der Waals surface area contributed by atoms with E-state index in [1.54, 1.807) is 17.4 Å². The fourth-order valence-corrected chi connectivity index (χ4v) is 3.09. The van der Waals surface area contributed by atoms with E-state index in [4.69, 9.17) is 28.6 Å². The third-order valence-corrected chi connectivity index (χ3v) is 4.43. The van der Waals surface area contributed by atoms with Gasteiger partial charge in [-0.05, 0) is 50.4 Å². The summed E-state index contributed by atoms with van der Waals surface area (Å²) < 4.78 is 5.80. The van der Waals surface area contributed by atoms with Gasteiger partial charge in [-0.1, -0.05) is 29.4 Å². The molecule has 0 radical (unpaired) electrons. The van der Waals surface area contributed by atoms with E-state index in [-0.39, 0.29) is 0 Å². The molecule has 0 aliphatic rings. The highest BCUT2D eigenvalue weighted by atomic mass is 35.5. The molecular formula is C17H18ClNOS2. The molecule has 0 amide bonds. The van der Waals surface area contributed by atoms with Gasteiger partial charge in [0, 0.05) is 21.5 Å². The first-order chi connectivity index (χ1) is 10.5. The van der Waals surface area contributed by atoms with Crippen LogP contribution in [0.5, 0.6) is 5.75 Å². The average molecular weight is 352 g/mol. The Hall–Kier alpha value is -1.36. The van der Waals surface area contributed by atoms with Crippen LogP contribution >= 0.6 is 35.2 Å². The smallest absolute Gasteiger partial charge is 0.144 e. The molecule has 1 heterocycles. The third kappa shape index (κ3) is 4.57. The van der Waals surface area contributed by atoms with Crippen LogP contribution in [0.15, 0.2) is 41.3 Å². The van der Waals surface area contributed by atoms with Gasteiger partial charge in [0.2, 0.25) is 0 Å². The summed E-state index contributed by atoms with van der Waals surface area (Å²) in [5.41, 5.74) is 3.08. The molecule has 0 aliphatic heterocycles. The predicted molar refractivity (Wildman–Crippen MR) is 101 cm³/mol. The number of rotatable bonds is 5. The van der Waals surface area contributed by atoms with Crippen LogP contribution in [0.3, 0.4) is 0 Å². The second kappa shape index (κ2) is 7.77. The van der Waals surface area contributed by atoms with Crippen LogP contribution in [-0.4, -0.2) is 11.6 Å². The number of thiocarbonyl (C=S) groups is 1. The predicted octanol–water partition coefficient (Wildman–Crippen LogP) is 5.84. The van der Waals surface area contributed by atoms with Gasteiger partial charge < -0.3 is 10.1 Å². The van der Waals surface area contributed by atoms with Crippen molar-refractivity contribution in [3.05, 3.63) is 56.8 Å². The first kappa shape index (κ1) is 17.0. The molecule has 0 spiro atoms. The van der Waals surface area contributed by atoms with Crippen LogP contribution in [-0.2, 0) is 0 Å². The maximum absolute atomic E-state index is 6.07. The van der Waals surface area contributed by atoms with Gasteiger partial charge >= 0.3 is 0 Å². The number of hydrogen-bond donors (Lipinski definition) is 1. The SMILES string of the molecule is CC(C)=CCOc1cc(Cl)ccc1NC(=S)c1ccsc1C. The topological polar surface area (TPSA) is 21.3 Å². The molecule has 0 atom stereocenters. The standard InChI is InChI=1S/C17H18ClNOS2/c1-11(2)6-8-20-16-10-13(18)4-5-15(16)19-17(21)14-7-9-22-12(14)3/h4-7,9-10H,8H2,1-3H3,(H,19,21). The summed E-state index contributed by atoms with van der Waals surface area (Å²) in [6, 6.07) is 7.52. The van der Waals surface area contributed by atoms with Gasteiger partial charge in [-0.25, -0.2) is 0 Å². The summed E-state index contributed by atoms with van der Waals surface area (Å²) in [4.78, 5) is 1.88. The number of anilines is 1. The third-order valence-electron chi connectivity index (χ3n) is 3.03. The van der Waals surface area contributed by atoms with Gasteiger partial charge in [-0.2, -0.15) is 0 Å². The molecule has 2 nitrogen and oxygen atoms in total. The molecule has 2 aromatic rings. The van der Waals surface area contributed by atoms with E-state index in [0.717, 1.165) is 11.3 Å². The summed E-state index contributed by atoms with van der Waals surface area (Å²) >= 11 is 13.2. The molecule has 1 N–H and O–H groups in total. The second-order valence-electron chi connectivity index (χ2n) is 5.08. The van der Waals surface area contributed by atoms with Gasteiger partial charge in [0.1, 0.15) is 17.3 Å². The lowest BCUT2D eigenvalue weighted by atomic mass is 10.2. The summed E-state index contributed by atoms with van der Waals surface area (Å²) in [6.07, 6.45) is 2.02. The number of benzene rings is 1. The van der Waals surface area contributed by atoms with Crippen molar-refractivity contribution in [1.29, 1.82) is 0 Å². The van der Waals surface area contributed by atoms with Crippen LogP contribution in [0, 0.1) is 6.92 Å². The molecule has 1 aromatic heterocycles. The quantitative estimate of drug-likeness (QED) is 0.540. The van der Waals surface area contributed by atoms with Crippen LogP contribution in [0.4, 0.5) is 5.69 Å².